The Kier molecular flexibility index (Phi) is 3.83. The van der Waals surface area contributed by atoms with Crippen molar-refractivity contribution in [3.05, 3.63) is 0 Å². The third-order valence-electron chi connectivity index (χ3n) is 6.07. The van der Waals surface area contributed by atoms with Crippen LogP contribution in [-0.2, 0) is 4.79 Å². The van der Waals surface area contributed by atoms with E-state index in [1.807, 2.05) is 16.7 Å². The second-order valence-electron chi connectivity index (χ2n) is 7.28. The molecular formula is C16H28N4O2. The van der Waals surface area contributed by atoms with Crippen molar-refractivity contribution >= 4 is 11.9 Å². The molecule has 1 N–H and O–H groups in total. The maximum Gasteiger partial charge on any atom is 0.319 e. The van der Waals surface area contributed by atoms with Crippen LogP contribution < -0.4 is 5.32 Å². The van der Waals surface area contributed by atoms with Crippen LogP contribution in [0.25, 0.3) is 0 Å². The zero-order valence-corrected chi connectivity index (χ0v) is 14.0. The summed E-state index contributed by atoms with van der Waals surface area (Å²) in [5.41, 5.74) is -0.387. The molecule has 0 aromatic rings. The van der Waals surface area contributed by atoms with Crippen LogP contribution in [0, 0.1) is 10.8 Å². The lowest BCUT2D eigenvalue weighted by molar-refractivity contribution is -0.141. The molecule has 3 saturated heterocycles. The van der Waals surface area contributed by atoms with Crippen LogP contribution in [0.2, 0.25) is 0 Å². The van der Waals surface area contributed by atoms with Crippen LogP contribution in [0.15, 0.2) is 0 Å². The quantitative estimate of drug-likeness (QED) is 0.771. The first-order chi connectivity index (χ1) is 10.5. The van der Waals surface area contributed by atoms with Crippen LogP contribution in [-0.4, -0.2) is 80.0 Å². The average Bonchev–Trinajstić information content (AvgIpc) is 3.00. The molecular weight excluding hydrogens is 280 g/mol. The van der Waals surface area contributed by atoms with Crippen LogP contribution in [0.5, 0.6) is 0 Å². The Morgan fingerprint density at radius 1 is 1.23 bits per heavy atom. The number of rotatable bonds is 1. The molecule has 2 spiro atoms. The van der Waals surface area contributed by atoms with Crippen LogP contribution >= 0.6 is 0 Å². The van der Waals surface area contributed by atoms with Crippen molar-refractivity contribution in [2.24, 2.45) is 10.8 Å². The Morgan fingerprint density at radius 3 is 2.45 bits per heavy atom. The van der Waals surface area contributed by atoms with E-state index in [2.05, 4.69) is 5.32 Å². The number of likely N-dealkylation sites (tertiary alicyclic amines) is 2. The zero-order valence-electron chi connectivity index (χ0n) is 14.0. The van der Waals surface area contributed by atoms with Crippen LogP contribution in [0.4, 0.5) is 4.79 Å². The van der Waals surface area contributed by atoms with E-state index in [4.69, 9.17) is 0 Å². The minimum atomic E-state index is -0.350. The van der Waals surface area contributed by atoms with Crippen molar-refractivity contribution in [1.29, 1.82) is 0 Å². The average molecular weight is 308 g/mol. The summed E-state index contributed by atoms with van der Waals surface area (Å²) in [6, 6.07) is 0.0394. The molecule has 3 aliphatic rings. The third kappa shape index (κ3) is 2.03. The summed E-state index contributed by atoms with van der Waals surface area (Å²) in [5.74, 6) is 0.283. The lowest BCUT2D eigenvalue weighted by atomic mass is 9.60. The molecule has 0 unspecified atom stereocenters. The number of carbonyl (C=O) groups is 2. The van der Waals surface area contributed by atoms with E-state index in [0.717, 1.165) is 52.0 Å². The lowest BCUT2D eigenvalue weighted by Crippen LogP contribution is -2.51. The number of fused-ring (bicyclic) bond motifs is 1. The molecule has 124 valence electrons. The molecule has 0 saturated carbocycles. The standard InChI is InChI=1S/C16H28N4O2/c1-4-19-10-7-16(13(19)21)12-20(14(22)18(2)3)11-15(16)5-8-17-9-6-15/h17H,4-12H2,1-3H3/t16-/m1/s1. The van der Waals surface area contributed by atoms with Gasteiger partial charge >= 0.3 is 6.03 Å². The lowest BCUT2D eigenvalue weighted by Gasteiger charge is -2.43. The minimum Gasteiger partial charge on any atom is -0.342 e. The second-order valence-corrected chi connectivity index (χ2v) is 7.28. The highest BCUT2D eigenvalue weighted by atomic mass is 16.2. The Bertz CT molecular complexity index is 473. The molecule has 6 nitrogen and oxygen atoms in total. The van der Waals surface area contributed by atoms with Gasteiger partial charge in [0, 0.05) is 45.7 Å². The van der Waals surface area contributed by atoms with Crippen molar-refractivity contribution in [2.45, 2.75) is 26.2 Å². The first kappa shape index (κ1) is 15.6. The number of carbonyl (C=O) groups excluding carboxylic acids is 2. The van der Waals surface area contributed by atoms with Gasteiger partial charge in [0.1, 0.15) is 0 Å². The molecule has 0 aliphatic carbocycles. The summed E-state index contributed by atoms with van der Waals surface area (Å²) in [6.45, 7) is 6.89. The molecule has 3 aliphatic heterocycles. The van der Waals surface area contributed by atoms with Crippen molar-refractivity contribution in [2.75, 3.05) is 53.4 Å². The maximum atomic E-state index is 13.1. The fourth-order valence-electron chi connectivity index (χ4n) is 4.80. The predicted octanol–water partition coefficient (Wildman–Crippen LogP) is 0.592. The fourth-order valence-corrected chi connectivity index (χ4v) is 4.80. The maximum absolute atomic E-state index is 13.1. The van der Waals surface area contributed by atoms with Crippen LogP contribution in [0.1, 0.15) is 26.2 Å². The van der Waals surface area contributed by atoms with Crippen molar-refractivity contribution in [3.8, 4) is 0 Å². The van der Waals surface area contributed by atoms with Gasteiger partial charge in [-0.1, -0.05) is 0 Å². The predicted molar refractivity (Wildman–Crippen MR) is 84.5 cm³/mol. The van der Waals surface area contributed by atoms with Gasteiger partial charge in [0.05, 0.1) is 5.41 Å². The SMILES string of the molecule is CCN1CC[C@@]2(CN(C(=O)N(C)C)CC23CCNCC3)C1=O. The van der Waals surface area contributed by atoms with E-state index in [0.29, 0.717) is 6.54 Å². The zero-order chi connectivity index (χ0) is 16.0. The largest absolute Gasteiger partial charge is 0.342 e. The van der Waals surface area contributed by atoms with E-state index in [1.165, 1.54) is 0 Å². The van der Waals surface area contributed by atoms with E-state index in [1.54, 1.807) is 19.0 Å². The van der Waals surface area contributed by atoms with Crippen molar-refractivity contribution in [3.63, 3.8) is 0 Å². The highest BCUT2D eigenvalue weighted by Gasteiger charge is 2.65. The monoisotopic (exact) mass is 308 g/mol. The Morgan fingerprint density at radius 2 is 1.91 bits per heavy atom. The third-order valence-corrected chi connectivity index (χ3v) is 6.07. The van der Waals surface area contributed by atoms with Gasteiger partial charge in [0.15, 0.2) is 0 Å². The summed E-state index contributed by atoms with van der Waals surface area (Å²) in [5, 5.41) is 3.41. The number of amides is 3. The summed E-state index contributed by atoms with van der Waals surface area (Å²) < 4.78 is 0. The van der Waals surface area contributed by atoms with Crippen molar-refractivity contribution in [1.82, 2.24) is 20.0 Å². The summed E-state index contributed by atoms with van der Waals surface area (Å²) in [4.78, 5) is 31.1. The van der Waals surface area contributed by atoms with Gasteiger partial charge in [0.25, 0.3) is 0 Å². The molecule has 3 heterocycles. The summed E-state index contributed by atoms with van der Waals surface area (Å²) in [6.07, 6.45) is 2.89. The fraction of sp³-hybridized carbons (Fsp3) is 0.875. The molecule has 3 fully saturated rings. The van der Waals surface area contributed by atoms with E-state index in [-0.39, 0.29) is 22.8 Å². The first-order valence-electron chi connectivity index (χ1n) is 8.42. The Hall–Kier alpha value is -1.30. The second kappa shape index (κ2) is 5.41. The highest BCUT2D eigenvalue weighted by Crippen LogP contribution is 2.57. The number of nitrogens with zero attached hydrogens (tertiary/aromatic N) is 3. The molecule has 22 heavy (non-hydrogen) atoms. The molecule has 0 aromatic heterocycles. The summed E-state index contributed by atoms with van der Waals surface area (Å²) in [7, 11) is 3.58. The van der Waals surface area contributed by atoms with E-state index in [9.17, 15) is 9.59 Å². The molecule has 3 amide bonds. The van der Waals surface area contributed by atoms with Crippen LogP contribution in [0.3, 0.4) is 0 Å². The minimum absolute atomic E-state index is 0.0368. The van der Waals surface area contributed by atoms with Crippen molar-refractivity contribution < 1.29 is 9.59 Å². The number of urea groups is 1. The van der Waals surface area contributed by atoms with E-state index < -0.39 is 0 Å². The van der Waals surface area contributed by atoms with Gasteiger partial charge in [-0.15, -0.1) is 0 Å². The number of hydrogen-bond donors (Lipinski definition) is 1. The van der Waals surface area contributed by atoms with Gasteiger partial charge < -0.3 is 20.0 Å². The van der Waals surface area contributed by atoms with E-state index >= 15 is 0 Å². The Labute approximate surface area is 132 Å². The highest BCUT2D eigenvalue weighted by molar-refractivity contribution is 5.88. The van der Waals surface area contributed by atoms with Gasteiger partial charge in [-0.3, -0.25) is 4.79 Å². The smallest absolute Gasteiger partial charge is 0.319 e. The number of nitrogens with one attached hydrogen (secondary N) is 1. The molecule has 0 bridgehead atoms. The number of piperidine rings is 1. The topological polar surface area (TPSA) is 55.9 Å². The first-order valence-corrected chi connectivity index (χ1v) is 8.42. The molecule has 6 heteroatoms. The molecule has 1 atom stereocenters. The van der Waals surface area contributed by atoms with Gasteiger partial charge in [-0.25, -0.2) is 4.79 Å². The molecule has 3 rings (SSSR count). The number of hydrogen-bond acceptors (Lipinski definition) is 3. The van der Waals surface area contributed by atoms with Gasteiger partial charge in [0.2, 0.25) is 5.91 Å². The normalized spacial score (nSPS) is 30.6. The van der Waals surface area contributed by atoms with Gasteiger partial charge in [-0.05, 0) is 39.3 Å². The van der Waals surface area contributed by atoms with Gasteiger partial charge in [-0.2, -0.15) is 0 Å². The summed E-state index contributed by atoms with van der Waals surface area (Å²) >= 11 is 0. The molecule has 0 aromatic carbocycles. The Balaban J connectivity index is 1.95. The molecule has 0 radical (unpaired) electrons.